The molecule has 0 saturated carbocycles. The van der Waals surface area contributed by atoms with E-state index < -0.39 is 5.97 Å². The van der Waals surface area contributed by atoms with Gasteiger partial charge in [0.05, 0.1) is 19.8 Å². The number of hydrogen-bond donors (Lipinski definition) is 1. The van der Waals surface area contributed by atoms with Gasteiger partial charge in [0.15, 0.2) is 11.5 Å². The fourth-order valence-electron chi connectivity index (χ4n) is 1.67. The molecule has 1 rings (SSSR count). The lowest BCUT2D eigenvalue weighted by Gasteiger charge is -2.15. The molecule has 0 amide bonds. The molecule has 4 heteroatoms. The van der Waals surface area contributed by atoms with Crippen molar-refractivity contribution in [2.24, 2.45) is 0 Å². The molecule has 0 unspecified atom stereocenters. The SMILES string of the molecule is C=C(C)Cc1c(C(=O)O)ccc(OC)c1OC. The zero-order chi connectivity index (χ0) is 13.0. The van der Waals surface area contributed by atoms with Gasteiger partial charge in [-0.1, -0.05) is 12.2 Å². The molecule has 1 aromatic rings. The number of ether oxygens (including phenoxy) is 2. The third kappa shape index (κ3) is 2.78. The number of aromatic carboxylic acids is 1. The predicted octanol–water partition coefficient (Wildman–Crippen LogP) is 2.52. The highest BCUT2D eigenvalue weighted by Gasteiger charge is 2.18. The van der Waals surface area contributed by atoms with E-state index in [0.29, 0.717) is 23.5 Å². The van der Waals surface area contributed by atoms with Crippen molar-refractivity contribution in [2.75, 3.05) is 14.2 Å². The maximum Gasteiger partial charge on any atom is 0.336 e. The fraction of sp³-hybridized carbons (Fsp3) is 0.308. The van der Waals surface area contributed by atoms with E-state index in [4.69, 9.17) is 14.6 Å². The average molecular weight is 236 g/mol. The van der Waals surface area contributed by atoms with E-state index in [2.05, 4.69) is 6.58 Å². The first-order valence-electron chi connectivity index (χ1n) is 5.12. The quantitative estimate of drug-likeness (QED) is 0.798. The van der Waals surface area contributed by atoms with Gasteiger partial charge in [-0.25, -0.2) is 4.79 Å². The van der Waals surface area contributed by atoms with Gasteiger partial charge in [0.25, 0.3) is 0 Å². The molecular weight excluding hydrogens is 220 g/mol. The highest BCUT2D eigenvalue weighted by molar-refractivity contribution is 5.91. The molecule has 92 valence electrons. The van der Waals surface area contributed by atoms with Crippen molar-refractivity contribution in [3.63, 3.8) is 0 Å². The normalized spacial score (nSPS) is 9.82. The predicted molar refractivity (Wildman–Crippen MR) is 65.0 cm³/mol. The summed E-state index contributed by atoms with van der Waals surface area (Å²) in [6.45, 7) is 5.63. The van der Waals surface area contributed by atoms with Crippen LogP contribution >= 0.6 is 0 Å². The molecule has 0 atom stereocenters. The highest BCUT2D eigenvalue weighted by atomic mass is 16.5. The molecule has 0 bridgehead atoms. The van der Waals surface area contributed by atoms with Crippen molar-refractivity contribution in [1.29, 1.82) is 0 Å². The van der Waals surface area contributed by atoms with Crippen molar-refractivity contribution < 1.29 is 19.4 Å². The minimum atomic E-state index is -0.984. The summed E-state index contributed by atoms with van der Waals surface area (Å²) in [6.07, 6.45) is 0.446. The summed E-state index contributed by atoms with van der Waals surface area (Å²) in [5.41, 5.74) is 1.66. The Morgan fingerprint density at radius 3 is 2.41 bits per heavy atom. The van der Waals surface area contributed by atoms with Crippen LogP contribution < -0.4 is 9.47 Å². The molecule has 0 radical (unpaired) electrons. The molecule has 0 aromatic heterocycles. The lowest BCUT2D eigenvalue weighted by atomic mass is 9.99. The van der Waals surface area contributed by atoms with E-state index in [-0.39, 0.29) is 5.56 Å². The zero-order valence-electron chi connectivity index (χ0n) is 10.2. The molecule has 17 heavy (non-hydrogen) atoms. The first-order valence-corrected chi connectivity index (χ1v) is 5.12. The summed E-state index contributed by atoms with van der Waals surface area (Å²) in [7, 11) is 3.01. The Morgan fingerprint density at radius 2 is 2.00 bits per heavy atom. The zero-order valence-corrected chi connectivity index (χ0v) is 10.2. The number of hydrogen-bond acceptors (Lipinski definition) is 3. The summed E-state index contributed by atoms with van der Waals surface area (Å²) >= 11 is 0. The third-order valence-corrected chi connectivity index (χ3v) is 2.36. The van der Waals surface area contributed by atoms with Crippen molar-refractivity contribution in [3.8, 4) is 11.5 Å². The first kappa shape index (κ1) is 13.1. The summed E-state index contributed by atoms with van der Waals surface area (Å²) in [4.78, 5) is 11.1. The van der Waals surface area contributed by atoms with Crippen LogP contribution in [-0.2, 0) is 6.42 Å². The molecular formula is C13H16O4. The van der Waals surface area contributed by atoms with Crippen molar-refractivity contribution in [3.05, 3.63) is 35.4 Å². The number of carboxylic acid groups (broad SMARTS) is 1. The maximum absolute atomic E-state index is 11.1. The lowest BCUT2D eigenvalue weighted by Crippen LogP contribution is -2.06. The summed E-state index contributed by atoms with van der Waals surface area (Å²) < 4.78 is 10.4. The largest absolute Gasteiger partial charge is 0.493 e. The van der Waals surface area contributed by atoms with Crippen LogP contribution in [-0.4, -0.2) is 25.3 Å². The van der Waals surface area contributed by atoms with E-state index in [0.717, 1.165) is 5.57 Å². The topological polar surface area (TPSA) is 55.8 Å². The molecule has 0 saturated heterocycles. The monoisotopic (exact) mass is 236 g/mol. The van der Waals surface area contributed by atoms with E-state index in [1.807, 2.05) is 6.92 Å². The summed E-state index contributed by atoms with van der Waals surface area (Å²) in [5.74, 6) is -0.00801. The molecule has 1 aromatic carbocycles. The number of methoxy groups -OCH3 is 2. The summed E-state index contributed by atoms with van der Waals surface area (Å²) in [6, 6.07) is 3.10. The molecule has 0 heterocycles. The Morgan fingerprint density at radius 1 is 1.35 bits per heavy atom. The van der Waals surface area contributed by atoms with Crippen molar-refractivity contribution in [2.45, 2.75) is 13.3 Å². The Balaban J connectivity index is 3.43. The van der Waals surface area contributed by atoms with Crippen LogP contribution in [0.1, 0.15) is 22.8 Å². The maximum atomic E-state index is 11.1. The van der Waals surface area contributed by atoms with E-state index in [1.165, 1.54) is 20.3 Å². The number of carboxylic acids is 1. The number of benzene rings is 1. The highest BCUT2D eigenvalue weighted by Crippen LogP contribution is 2.34. The number of rotatable bonds is 5. The van der Waals surface area contributed by atoms with E-state index in [9.17, 15) is 4.79 Å². The Bertz CT molecular complexity index is 449. The first-order chi connectivity index (χ1) is 8.01. The fourth-order valence-corrected chi connectivity index (χ4v) is 1.67. The van der Waals surface area contributed by atoms with Crippen molar-refractivity contribution >= 4 is 5.97 Å². The van der Waals surface area contributed by atoms with Crippen LogP contribution in [0.3, 0.4) is 0 Å². The second-order valence-corrected chi connectivity index (χ2v) is 3.77. The molecule has 0 aliphatic rings. The van der Waals surface area contributed by atoms with Gasteiger partial charge in [0.1, 0.15) is 0 Å². The standard InChI is InChI=1S/C13H16O4/c1-8(2)7-10-9(13(14)15)5-6-11(16-3)12(10)17-4/h5-6H,1,7H2,2-4H3,(H,14,15). The van der Waals surface area contributed by atoms with Crippen LogP contribution in [0.25, 0.3) is 0 Å². The van der Waals surface area contributed by atoms with Crippen LogP contribution in [0.2, 0.25) is 0 Å². The second-order valence-electron chi connectivity index (χ2n) is 3.77. The Hall–Kier alpha value is -1.97. The summed E-state index contributed by atoms with van der Waals surface area (Å²) in [5, 5.41) is 9.14. The van der Waals surface area contributed by atoms with Gasteiger partial charge in [0, 0.05) is 5.56 Å². The lowest BCUT2D eigenvalue weighted by molar-refractivity contribution is 0.0695. The third-order valence-electron chi connectivity index (χ3n) is 2.36. The molecule has 0 fully saturated rings. The van der Waals surface area contributed by atoms with Gasteiger partial charge < -0.3 is 14.6 Å². The van der Waals surface area contributed by atoms with Gasteiger partial charge in [0.2, 0.25) is 0 Å². The molecule has 1 N–H and O–H groups in total. The molecule has 0 spiro atoms. The minimum Gasteiger partial charge on any atom is -0.493 e. The van der Waals surface area contributed by atoms with E-state index >= 15 is 0 Å². The second kappa shape index (κ2) is 5.39. The average Bonchev–Trinajstić information content (AvgIpc) is 2.27. The van der Waals surface area contributed by atoms with Crippen LogP contribution in [0, 0.1) is 0 Å². The van der Waals surface area contributed by atoms with Crippen molar-refractivity contribution in [1.82, 2.24) is 0 Å². The van der Waals surface area contributed by atoms with Crippen LogP contribution in [0.4, 0.5) is 0 Å². The van der Waals surface area contributed by atoms with E-state index in [1.54, 1.807) is 6.07 Å². The smallest absolute Gasteiger partial charge is 0.336 e. The van der Waals surface area contributed by atoms with Crippen LogP contribution in [0.15, 0.2) is 24.3 Å². The Kier molecular flexibility index (Phi) is 4.15. The minimum absolute atomic E-state index is 0.214. The van der Waals surface area contributed by atoms with Gasteiger partial charge in [-0.3, -0.25) is 0 Å². The Labute approximate surface area is 100 Å². The molecule has 0 aliphatic carbocycles. The van der Waals surface area contributed by atoms with Gasteiger partial charge in [-0.15, -0.1) is 0 Å². The number of allylic oxidation sites excluding steroid dienone is 1. The van der Waals surface area contributed by atoms with Gasteiger partial charge in [-0.05, 0) is 25.5 Å². The van der Waals surface area contributed by atoms with Crippen LogP contribution in [0.5, 0.6) is 11.5 Å². The number of carbonyl (C=O) groups is 1. The van der Waals surface area contributed by atoms with Gasteiger partial charge in [-0.2, -0.15) is 0 Å². The molecule has 0 aliphatic heterocycles. The van der Waals surface area contributed by atoms with Gasteiger partial charge >= 0.3 is 5.97 Å². The molecule has 4 nitrogen and oxygen atoms in total.